The van der Waals surface area contributed by atoms with Crippen molar-refractivity contribution in [2.24, 2.45) is 5.92 Å². The second-order valence-corrected chi connectivity index (χ2v) is 7.61. The normalized spacial score (nSPS) is 16.9. The number of benzene rings is 2. The Morgan fingerprint density at radius 1 is 0.964 bits per heavy atom. The fourth-order valence-electron chi connectivity index (χ4n) is 4.37. The van der Waals surface area contributed by atoms with Crippen LogP contribution in [0.25, 0.3) is 0 Å². The van der Waals surface area contributed by atoms with E-state index >= 15 is 0 Å². The van der Waals surface area contributed by atoms with Crippen molar-refractivity contribution in [3.8, 4) is 11.5 Å². The Morgan fingerprint density at radius 2 is 1.61 bits per heavy atom. The van der Waals surface area contributed by atoms with Gasteiger partial charge in [-0.05, 0) is 37.0 Å². The summed E-state index contributed by atoms with van der Waals surface area (Å²) in [6.45, 7) is 2.52. The van der Waals surface area contributed by atoms with Gasteiger partial charge in [-0.25, -0.2) is 0 Å². The number of carbonyl (C=O) groups is 1. The first-order valence-electron chi connectivity index (χ1n) is 9.91. The fraction of sp³-hybridized carbons (Fsp3) is 0.304. The van der Waals surface area contributed by atoms with E-state index in [0.29, 0.717) is 5.92 Å². The van der Waals surface area contributed by atoms with E-state index < -0.39 is 0 Å². The zero-order chi connectivity index (χ0) is 18.9. The second-order valence-electron chi connectivity index (χ2n) is 7.61. The first-order valence-corrected chi connectivity index (χ1v) is 9.91. The molecule has 2 aromatic carbocycles. The van der Waals surface area contributed by atoms with E-state index in [1.165, 1.54) is 0 Å². The van der Waals surface area contributed by atoms with Gasteiger partial charge in [-0.2, -0.15) is 5.10 Å². The van der Waals surface area contributed by atoms with Gasteiger partial charge in [0.15, 0.2) is 0 Å². The van der Waals surface area contributed by atoms with E-state index in [1.807, 2.05) is 76.6 Å². The Morgan fingerprint density at radius 3 is 2.21 bits per heavy atom. The fourth-order valence-corrected chi connectivity index (χ4v) is 4.37. The van der Waals surface area contributed by atoms with Gasteiger partial charge >= 0.3 is 0 Å². The molecular weight excluding hydrogens is 350 g/mol. The molecule has 1 saturated heterocycles. The number of aromatic nitrogens is 2. The van der Waals surface area contributed by atoms with Crippen molar-refractivity contribution in [2.45, 2.75) is 25.3 Å². The zero-order valence-electron chi connectivity index (χ0n) is 15.7. The van der Waals surface area contributed by atoms with Gasteiger partial charge in [0, 0.05) is 43.2 Å². The summed E-state index contributed by atoms with van der Waals surface area (Å²) < 4.78 is 8.03. The summed E-state index contributed by atoms with van der Waals surface area (Å²) in [7, 11) is 0. The second kappa shape index (κ2) is 7.15. The molecule has 5 heteroatoms. The largest absolute Gasteiger partial charge is 0.457 e. The van der Waals surface area contributed by atoms with Crippen molar-refractivity contribution in [1.29, 1.82) is 0 Å². The number of ether oxygens (including phenoxy) is 1. The minimum Gasteiger partial charge on any atom is -0.457 e. The number of carbonyl (C=O) groups excluding carboxylic acids is 1. The minimum atomic E-state index is -0.288. The van der Waals surface area contributed by atoms with E-state index in [4.69, 9.17) is 4.74 Å². The molecule has 28 heavy (non-hydrogen) atoms. The summed E-state index contributed by atoms with van der Waals surface area (Å²) in [5, 5.41) is 4.31. The third-order valence-corrected chi connectivity index (χ3v) is 5.86. The molecule has 3 aromatic rings. The van der Waals surface area contributed by atoms with Gasteiger partial charge in [-0.1, -0.05) is 36.4 Å². The Labute approximate surface area is 164 Å². The highest BCUT2D eigenvalue weighted by molar-refractivity contribution is 5.89. The van der Waals surface area contributed by atoms with Crippen LogP contribution in [-0.4, -0.2) is 33.7 Å². The maximum Gasteiger partial charge on any atom is 0.234 e. The van der Waals surface area contributed by atoms with Crippen molar-refractivity contribution in [1.82, 2.24) is 14.7 Å². The van der Waals surface area contributed by atoms with Crippen LogP contribution < -0.4 is 4.74 Å². The molecule has 0 radical (unpaired) electrons. The maximum atomic E-state index is 13.6. The molecule has 142 valence electrons. The molecule has 0 spiro atoms. The molecule has 5 nitrogen and oxygen atoms in total. The van der Waals surface area contributed by atoms with Gasteiger partial charge in [-0.3, -0.25) is 9.48 Å². The molecule has 2 aliphatic heterocycles. The third-order valence-electron chi connectivity index (χ3n) is 5.86. The molecule has 0 atom stereocenters. The van der Waals surface area contributed by atoms with Crippen molar-refractivity contribution < 1.29 is 9.53 Å². The SMILES string of the molecule is O=C(C1c2ccccc2Oc2ccccc21)N1CCC(Cn2cccn2)CC1. The van der Waals surface area contributed by atoms with Gasteiger partial charge < -0.3 is 9.64 Å². The monoisotopic (exact) mass is 373 g/mol. The number of likely N-dealkylation sites (tertiary alicyclic amines) is 1. The summed E-state index contributed by atoms with van der Waals surface area (Å²) >= 11 is 0. The molecular formula is C23H23N3O2. The average Bonchev–Trinajstić information content (AvgIpc) is 3.25. The number of amides is 1. The summed E-state index contributed by atoms with van der Waals surface area (Å²) in [5.41, 5.74) is 1.93. The Balaban J connectivity index is 1.36. The lowest BCUT2D eigenvalue weighted by Gasteiger charge is -2.36. The van der Waals surface area contributed by atoms with Crippen LogP contribution >= 0.6 is 0 Å². The summed E-state index contributed by atoms with van der Waals surface area (Å²) in [6.07, 6.45) is 5.85. The smallest absolute Gasteiger partial charge is 0.234 e. The molecule has 0 saturated carbocycles. The first-order chi connectivity index (χ1) is 13.8. The van der Waals surface area contributed by atoms with Crippen LogP contribution in [0.5, 0.6) is 11.5 Å². The number of rotatable bonds is 3. The molecule has 5 rings (SSSR count). The van der Waals surface area contributed by atoms with Crippen LogP contribution in [0.15, 0.2) is 67.0 Å². The Hall–Kier alpha value is -3.08. The average molecular weight is 373 g/mol. The van der Waals surface area contributed by atoms with E-state index in [0.717, 1.165) is 55.1 Å². The number of fused-ring (bicyclic) bond motifs is 2. The van der Waals surface area contributed by atoms with Crippen molar-refractivity contribution >= 4 is 5.91 Å². The molecule has 1 fully saturated rings. The number of para-hydroxylation sites is 2. The molecule has 3 heterocycles. The standard InChI is InChI=1S/C23H23N3O2/c27-23(25-14-10-17(11-15-25)16-26-13-5-12-24-26)22-18-6-1-3-8-20(18)28-21-9-4-2-7-19(21)22/h1-9,12-13,17,22H,10-11,14-16H2. The predicted octanol–water partition coefficient (Wildman–Crippen LogP) is 4.06. The van der Waals surface area contributed by atoms with E-state index in [2.05, 4.69) is 5.10 Å². The molecule has 0 N–H and O–H groups in total. The maximum absolute atomic E-state index is 13.6. The highest BCUT2D eigenvalue weighted by atomic mass is 16.5. The van der Waals surface area contributed by atoms with Crippen LogP contribution in [0.4, 0.5) is 0 Å². The van der Waals surface area contributed by atoms with Crippen LogP contribution in [0.3, 0.4) is 0 Å². The highest BCUT2D eigenvalue weighted by Gasteiger charge is 2.36. The predicted molar refractivity (Wildman–Crippen MR) is 106 cm³/mol. The third kappa shape index (κ3) is 3.07. The molecule has 0 aliphatic carbocycles. The van der Waals surface area contributed by atoms with Crippen molar-refractivity contribution in [2.75, 3.05) is 13.1 Å². The van der Waals surface area contributed by atoms with Crippen LogP contribution in [0.1, 0.15) is 29.9 Å². The molecule has 0 bridgehead atoms. The molecule has 1 aromatic heterocycles. The van der Waals surface area contributed by atoms with Gasteiger partial charge in [-0.15, -0.1) is 0 Å². The van der Waals surface area contributed by atoms with E-state index in [-0.39, 0.29) is 11.8 Å². The van der Waals surface area contributed by atoms with Gasteiger partial charge in [0.2, 0.25) is 5.91 Å². The van der Waals surface area contributed by atoms with Crippen LogP contribution in [0.2, 0.25) is 0 Å². The summed E-state index contributed by atoms with van der Waals surface area (Å²) in [4.78, 5) is 15.6. The number of nitrogens with zero attached hydrogens (tertiary/aromatic N) is 3. The highest BCUT2D eigenvalue weighted by Crippen LogP contribution is 2.44. The number of hydrogen-bond donors (Lipinski definition) is 0. The quantitative estimate of drug-likeness (QED) is 0.696. The number of hydrogen-bond acceptors (Lipinski definition) is 3. The lowest BCUT2D eigenvalue weighted by atomic mass is 9.86. The first kappa shape index (κ1) is 17.0. The summed E-state index contributed by atoms with van der Waals surface area (Å²) in [6, 6.07) is 17.7. The van der Waals surface area contributed by atoms with Gasteiger partial charge in [0.05, 0.1) is 5.92 Å². The van der Waals surface area contributed by atoms with Gasteiger partial charge in [0.1, 0.15) is 11.5 Å². The molecule has 1 amide bonds. The lowest BCUT2D eigenvalue weighted by molar-refractivity contribution is -0.133. The number of piperidine rings is 1. The van der Waals surface area contributed by atoms with E-state index in [9.17, 15) is 4.79 Å². The zero-order valence-corrected chi connectivity index (χ0v) is 15.7. The van der Waals surface area contributed by atoms with Crippen LogP contribution in [-0.2, 0) is 11.3 Å². The van der Waals surface area contributed by atoms with Crippen LogP contribution in [0, 0.1) is 5.92 Å². The Kier molecular flexibility index (Phi) is 4.35. The Bertz CT molecular complexity index is 930. The summed E-state index contributed by atoms with van der Waals surface area (Å²) in [5.74, 6) is 2.03. The van der Waals surface area contributed by atoms with Crippen molar-refractivity contribution in [3.63, 3.8) is 0 Å². The topological polar surface area (TPSA) is 47.4 Å². The van der Waals surface area contributed by atoms with E-state index in [1.54, 1.807) is 0 Å². The van der Waals surface area contributed by atoms with Gasteiger partial charge in [0.25, 0.3) is 0 Å². The lowest BCUT2D eigenvalue weighted by Crippen LogP contribution is -2.42. The molecule has 2 aliphatic rings. The molecule has 0 unspecified atom stereocenters. The van der Waals surface area contributed by atoms with Crippen molar-refractivity contribution in [3.05, 3.63) is 78.1 Å². The minimum absolute atomic E-state index is 0.181.